The van der Waals surface area contributed by atoms with Crippen LogP contribution in [0.5, 0.6) is 0 Å². The monoisotopic (exact) mass is 478 g/mol. The molecule has 0 spiro atoms. The summed E-state index contributed by atoms with van der Waals surface area (Å²) in [7, 11) is -8.89. The molecule has 0 atom stereocenters. The summed E-state index contributed by atoms with van der Waals surface area (Å²) in [5, 5.41) is 13.1. The minimum absolute atomic E-state index is 0.00534. The number of hydrogen-bond donors (Lipinski definition) is 4. The molecular weight excluding hydrogens is 460 g/mol. The van der Waals surface area contributed by atoms with Gasteiger partial charge < -0.3 is 15.9 Å². The Kier molecular flexibility index (Phi) is 5.51. The van der Waals surface area contributed by atoms with Gasteiger partial charge in [-0.25, -0.2) is 31.7 Å². The van der Waals surface area contributed by atoms with Crippen LogP contribution in [-0.2, 0) is 20.0 Å². The Bertz CT molecular complexity index is 1490. The number of amidine groups is 1. The zero-order chi connectivity index (χ0) is 23.1. The zero-order valence-electron chi connectivity index (χ0n) is 16.4. The molecular formula is C17H18N8O5S2. The van der Waals surface area contributed by atoms with Crippen molar-refractivity contribution in [2.45, 2.75) is 9.79 Å². The summed E-state index contributed by atoms with van der Waals surface area (Å²) in [4.78, 5) is 7.01. The Morgan fingerprint density at radius 3 is 2.53 bits per heavy atom. The van der Waals surface area contributed by atoms with Crippen LogP contribution in [-0.4, -0.2) is 47.4 Å². The molecule has 32 heavy (non-hydrogen) atoms. The molecule has 168 valence electrons. The smallest absolute Gasteiger partial charge is 0.293 e. The number of aromatic nitrogens is 1. The molecule has 3 aromatic rings. The molecule has 0 saturated heterocycles. The lowest BCUT2D eigenvalue weighted by atomic mass is 9.97. The highest BCUT2D eigenvalue weighted by Crippen LogP contribution is 2.38. The van der Waals surface area contributed by atoms with Gasteiger partial charge in [-0.3, -0.25) is 0 Å². The predicted molar refractivity (Wildman–Crippen MR) is 116 cm³/mol. The summed E-state index contributed by atoms with van der Waals surface area (Å²) < 4.78 is 58.7. The second kappa shape index (κ2) is 8.03. The molecule has 2 aromatic carbocycles. The van der Waals surface area contributed by atoms with Gasteiger partial charge in [0.15, 0.2) is 18.1 Å². The highest BCUT2D eigenvalue weighted by Gasteiger charge is 2.33. The zero-order valence-corrected chi connectivity index (χ0v) is 18.0. The Morgan fingerprint density at radius 1 is 1.09 bits per heavy atom. The second-order valence-corrected chi connectivity index (χ2v) is 9.85. The highest BCUT2D eigenvalue weighted by atomic mass is 32.2. The fourth-order valence-corrected chi connectivity index (χ4v) is 5.96. The van der Waals surface area contributed by atoms with Crippen LogP contribution in [0.2, 0.25) is 0 Å². The van der Waals surface area contributed by atoms with Crippen molar-refractivity contribution in [2.24, 2.45) is 26.1 Å². The number of primary sulfonamides is 1. The number of nitrogens with one attached hydrogen (secondary N) is 1. The molecule has 4 rings (SSSR count). The Morgan fingerprint density at radius 2 is 1.88 bits per heavy atom. The first kappa shape index (κ1) is 22.0. The van der Waals surface area contributed by atoms with E-state index in [-0.39, 0.29) is 42.7 Å². The number of azo groups is 1. The van der Waals surface area contributed by atoms with E-state index in [9.17, 15) is 16.8 Å². The minimum Gasteiger partial charge on any atom is -0.424 e. The third kappa shape index (κ3) is 3.87. The van der Waals surface area contributed by atoms with E-state index >= 15 is 0 Å². The molecule has 15 heteroatoms. The molecule has 1 aliphatic heterocycles. The van der Waals surface area contributed by atoms with Crippen molar-refractivity contribution in [1.29, 1.82) is 0 Å². The number of fused-ring (bicyclic) bond motifs is 1. The quantitative estimate of drug-likeness (QED) is 0.364. The topological polar surface area (TPSA) is 221 Å². The molecule has 7 N–H and O–H groups in total. The van der Waals surface area contributed by atoms with Crippen molar-refractivity contribution >= 4 is 43.0 Å². The highest BCUT2D eigenvalue weighted by molar-refractivity contribution is 7.92. The van der Waals surface area contributed by atoms with E-state index < -0.39 is 29.8 Å². The van der Waals surface area contributed by atoms with Crippen molar-refractivity contribution in [1.82, 2.24) is 9.71 Å². The number of para-hydroxylation sites is 1. The maximum Gasteiger partial charge on any atom is 0.293 e. The first-order chi connectivity index (χ1) is 15.1. The van der Waals surface area contributed by atoms with E-state index in [1.54, 1.807) is 18.2 Å². The normalized spacial score (nSPS) is 14.2. The second-order valence-electron chi connectivity index (χ2n) is 6.62. The molecule has 2 heterocycles. The van der Waals surface area contributed by atoms with Gasteiger partial charge in [0.1, 0.15) is 15.3 Å². The van der Waals surface area contributed by atoms with Crippen LogP contribution in [0.1, 0.15) is 5.56 Å². The van der Waals surface area contributed by atoms with Gasteiger partial charge in [-0.2, -0.15) is 10.1 Å². The summed E-state index contributed by atoms with van der Waals surface area (Å²) in [6, 6.07) is 7.37. The number of rotatable bonds is 7. The number of benzene rings is 2. The lowest BCUT2D eigenvalue weighted by Gasteiger charge is -2.17. The van der Waals surface area contributed by atoms with Gasteiger partial charge in [0.25, 0.3) is 6.01 Å². The van der Waals surface area contributed by atoms with Crippen LogP contribution in [0.3, 0.4) is 0 Å². The lowest BCUT2D eigenvalue weighted by molar-refractivity contribution is 0.573. The summed E-state index contributed by atoms with van der Waals surface area (Å²) >= 11 is 0. The van der Waals surface area contributed by atoms with Crippen molar-refractivity contribution in [3.8, 4) is 11.1 Å². The summed E-state index contributed by atoms with van der Waals surface area (Å²) in [5.41, 5.74) is 12.3. The van der Waals surface area contributed by atoms with E-state index in [1.165, 1.54) is 6.07 Å². The fourth-order valence-electron chi connectivity index (χ4n) is 3.32. The first-order valence-corrected chi connectivity index (χ1v) is 12.1. The van der Waals surface area contributed by atoms with Crippen LogP contribution in [0.25, 0.3) is 22.2 Å². The molecule has 0 unspecified atom stereocenters. The number of nitrogen functional groups attached to an aromatic ring is 1. The van der Waals surface area contributed by atoms with Crippen LogP contribution >= 0.6 is 0 Å². The maximum atomic E-state index is 12.9. The van der Waals surface area contributed by atoms with E-state index in [2.05, 4.69) is 24.9 Å². The van der Waals surface area contributed by atoms with Crippen LogP contribution in [0.4, 0.5) is 6.01 Å². The lowest BCUT2D eigenvalue weighted by Crippen LogP contribution is -2.31. The van der Waals surface area contributed by atoms with Gasteiger partial charge >= 0.3 is 0 Å². The molecule has 0 aliphatic carbocycles. The Balaban J connectivity index is 2.12. The van der Waals surface area contributed by atoms with Crippen LogP contribution in [0, 0.1) is 0 Å². The molecule has 1 aliphatic rings. The van der Waals surface area contributed by atoms with Crippen molar-refractivity contribution < 1.29 is 21.3 Å². The van der Waals surface area contributed by atoms with E-state index in [0.717, 1.165) is 6.07 Å². The number of oxazole rings is 1. The summed E-state index contributed by atoms with van der Waals surface area (Å²) in [6.07, 6.45) is 0. The molecule has 0 amide bonds. The average Bonchev–Trinajstić information content (AvgIpc) is 3.39. The third-order valence-electron chi connectivity index (χ3n) is 4.53. The molecule has 1 aromatic heterocycles. The van der Waals surface area contributed by atoms with Gasteiger partial charge in [-0.05, 0) is 17.7 Å². The third-order valence-corrected chi connectivity index (χ3v) is 7.16. The molecule has 0 radical (unpaired) electrons. The van der Waals surface area contributed by atoms with E-state index in [4.69, 9.17) is 21.0 Å². The minimum atomic E-state index is -4.59. The number of nitrogens with two attached hydrogens (primary N) is 3. The molecule has 0 bridgehead atoms. The largest absolute Gasteiger partial charge is 0.424 e. The summed E-state index contributed by atoms with van der Waals surface area (Å²) in [5.74, 6) is -0.0895. The van der Waals surface area contributed by atoms with Crippen molar-refractivity contribution in [2.75, 3.05) is 25.5 Å². The van der Waals surface area contributed by atoms with Gasteiger partial charge in [0.05, 0.1) is 5.56 Å². The van der Waals surface area contributed by atoms with Gasteiger partial charge in [0, 0.05) is 18.7 Å². The van der Waals surface area contributed by atoms with E-state index in [0.29, 0.717) is 16.7 Å². The van der Waals surface area contributed by atoms with Gasteiger partial charge in [-0.15, -0.1) is 5.11 Å². The van der Waals surface area contributed by atoms with Gasteiger partial charge in [0.2, 0.25) is 20.0 Å². The van der Waals surface area contributed by atoms with Crippen molar-refractivity contribution in [3.63, 3.8) is 0 Å². The number of anilines is 1. The van der Waals surface area contributed by atoms with Crippen molar-refractivity contribution in [3.05, 3.63) is 35.9 Å². The Labute approximate surface area is 182 Å². The molecule has 0 saturated carbocycles. The van der Waals surface area contributed by atoms with Crippen LogP contribution < -0.4 is 21.3 Å². The first-order valence-electron chi connectivity index (χ1n) is 9.11. The predicted octanol–water partition coefficient (Wildman–Crippen LogP) is 0.131. The average molecular weight is 479 g/mol. The van der Waals surface area contributed by atoms with Crippen LogP contribution in [0.15, 0.2) is 59.8 Å². The molecule has 0 fully saturated rings. The summed E-state index contributed by atoms with van der Waals surface area (Å²) in [6.45, 7) is -0.157. The van der Waals surface area contributed by atoms with Gasteiger partial charge in [-0.1, -0.05) is 18.2 Å². The number of nitrogens with zero attached hydrogens (tertiary/aromatic N) is 4. The number of aliphatic imine (C=N–C) groups is 1. The van der Waals surface area contributed by atoms with E-state index in [1.807, 2.05) is 0 Å². The SMILES string of the molecule is NCCNS(=O)(=O)c1ccc(-c2cccc3oc(N)nc23)c(C2=NCN=N2)c1S(N)(=O)=O. The standard InChI is InChI=1S/C17H18N8O5S2/c18-6-7-23-32(28,29)12-5-4-9(10-2-1-3-11-14(10)24-17(19)30-11)13(15(12)31(20,26)27)16-21-8-22-25-16/h1-5,23H,6-8,18H2,(H2,19,24)(H2,20,26,27). The number of hydrogen-bond acceptors (Lipinski definition) is 11. The molecule has 13 nitrogen and oxygen atoms in total. The number of sulfonamides is 2. The Hall–Kier alpha value is -3.24. The fraction of sp³-hybridized carbons (Fsp3) is 0.176. The maximum absolute atomic E-state index is 12.9.